The maximum Gasteiger partial charge on any atom is 0.0616 e. The Morgan fingerprint density at radius 2 is 2.00 bits per heavy atom. The van der Waals surface area contributed by atoms with Crippen molar-refractivity contribution in [1.29, 1.82) is 0 Å². The molecule has 1 aromatic carbocycles. The fourth-order valence-corrected chi connectivity index (χ4v) is 2.83. The van der Waals surface area contributed by atoms with Gasteiger partial charge >= 0.3 is 0 Å². The molecule has 2 heteroatoms. The Hall–Kier alpha value is -0.860. The standard InChI is InChI=1S/C15H21NO/c17-11-15(16-10-12-5-6-12)8-7-13-3-1-2-4-14(13)9-15/h1-4,12,16-17H,5-11H2. The second-order valence-electron chi connectivity index (χ2n) is 5.71. The van der Waals surface area contributed by atoms with E-state index in [4.69, 9.17) is 0 Å². The first kappa shape index (κ1) is 11.2. The summed E-state index contributed by atoms with van der Waals surface area (Å²) >= 11 is 0. The molecule has 0 saturated heterocycles. The Balaban J connectivity index is 1.73. The van der Waals surface area contributed by atoms with Crippen molar-refractivity contribution in [2.24, 2.45) is 5.92 Å². The second-order valence-corrected chi connectivity index (χ2v) is 5.71. The first-order valence-corrected chi connectivity index (χ1v) is 6.74. The van der Waals surface area contributed by atoms with E-state index in [1.807, 2.05) is 0 Å². The Bertz CT molecular complexity index is 400. The monoisotopic (exact) mass is 231 g/mol. The molecule has 0 aromatic heterocycles. The van der Waals surface area contributed by atoms with Crippen molar-refractivity contribution >= 4 is 0 Å². The number of hydrogen-bond donors (Lipinski definition) is 2. The minimum absolute atomic E-state index is 0.0586. The number of nitrogens with one attached hydrogen (secondary N) is 1. The van der Waals surface area contributed by atoms with Crippen LogP contribution in [-0.4, -0.2) is 23.8 Å². The predicted molar refractivity (Wildman–Crippen MR) is 69.0 cm³/mol. The molecule has 0 aliphatic heterocycles. The second kappa shape index (κ2) is 4.43. The number of hydrogen-bond acceptors (Lipinski definition) is 2. The molecule has 1 saturated carbocycles. The van der Waals surface area contributed by atoms with Crippen LogP contribution < -0.4 is 5.32 Å². The van der Waals surface area contributed by atoms with Crippen LogP contribution in [-0.2, 0) is 12.8 Å². The van der Waals surface area contributed by atoms with Crippen molar-refractivity contribution in [3.05, 3.63) is 35.4 Å². The molecule has 0 bridgehead atoms. The lowest BCUT2D eigenvalue weighted by molar-refractivity contribution is 0.143. The average molecular weight is 231 g/mol. The third-order valence-electron chi connectivity index (χ3n) is 4.29. The first-order chi connectivity index (χ1) is 8.31. The average Bonchev–Trinajstić information content (AvgIpc) is 3.20. The van der Waals surface area contributed by atoms with E-state index in [-0.39, 0.29) is 12.1 Å². The van der Waals surface area contributed by atoms with Crippen molar-refractivity contribution in [3.8, 4) is 0 Å². The van der Waals surface area contributed by atoms with Gasteiger partial charge < -0.3 is 10.4 Å². The van der Waals surface area contributed by atoms with Crippen molar-refractivity contribution in [3.63, 3.8) is 0 Å². The van der Waals surface area contributed by atoms with Crippen LogP contribution in [0.5, 0.6) is 0 Å². The normalized spacial score (nSPS) is 27.8. The smallest absolute Gasteiger partial charge is 0.0616 e. The van der Waals surface area contributed by atoms with Gasteiger partial charge in [0.25, 0.3) is 0 Å². The number of aliphatic hydroxyl groups is 1. The SMILES string of the molecule is OCC1(NCC2CC2)CCc2ccccc2C1. The zero-order chi connectivity index (χ0) is 11.7. The predicted octanol–water partition coefficient (Wildman–Crippen LogP) is 1.91. The fraction of sp³-hybridized carbons (Fsp3) is 0.600. The fourth-order valence-electron chi connectivity index (χ4n) is 2.83. The van der Waals surface area contributed by atoms with E-state index in [2.05, 4.69) is 29.6 Å². The molecule has 2 nitrogen and oxygen atoms in total. The maximum absolute atomic E-state index is 9.74. The van der Waals surface area contributed by atoms with Gasteiger partial charge in [-0.15, -0.1) is 0 Å². The van der Waals surface area contributed by atoms with E-state index in [1.165, 1.54) is 24.0 Å². The molecule has 1 atom stereocenters. The molecule has 1 aromatic rings. The van der Waals surface area contributed by atoms with Gasteiger partial charge in [-0.05, 0) is 55.7 Å². The minimum atomic E-state index is -0.0586. The minimum Gasteiger partial charge on any atom is -0.394 e. The van der Waals surface area contributed by atoms with Crippen molar-refractivity contribution in [1.82, 2.24) is 5.32 Å². The van der Waals surface area contributed by atoms with Crippen LogP contribution in [0.15, 0.2) is 24.3 Å². The lowest BCUT2D eigenvalue weighted by Crippen LogP contribution is -2.53. The van der Waals surface area contributed by atoms with Gasteiger partial charge in [0.2, 0.25) is 0 Å². The molecule has 2 N–H and O–H groups in total. The first-order valence-electron chi connectivity index (χ1n) is 6.74. The molecule has 17 heavy (non-hydrogen) atoms. The number of fused-ring (bicyclic) bond motifs is 1. The maximum atomic E-state index is 9.74. The molecule has 2 aliphatic carbocycles. The van der Waals surface area contributed by atoms with E-state index in [0.717, 1.165) is 31.7 Å². The van der Waals surface area contributed by atoms with Gasteiger partial charge in [0, 0.05) is 5.54 Å². The molecule has 0 spiro atoms. The van der Waals surface area contributed by atoms with Gasteiger partial charge in [-0.1, -0.05) is 24.3 Å². The van der Waals surface area contributed by atoms with E-state index in [1.54, 1.807) is 0 Å². The summed E-state index contributed by atoms with van der Waals surface area (Å²) in [5.74, 6) is 0.871. The summed E-state index contributed by atoms with van der Waals surface area (Å²) in [7, 11) is 0. The molecule has 0 heterocycles. The van der Waals surface area contributed by atoms with Gasteiger partial charge in [0.15, 0.2) is 0 Å². The number of benzene rings is 1. The molecule has 2 aliphatic rings. The van der Waals surface area contributed by atoms with E-state index < -0.39 is 0 Å². The van der Waals surface area contributed by atoms with Crippen LogP contribution in [0.25, 0.3) is 0 Å². The van der Waals surface area contributed by atoms with Crippen molar-refractivity contribution in [2.45, 2.75) is 37.6 Å². The Labute approximate surface area is 103 Å². The van der Waals surface area contributed by atoms with Gasteiger partial charge in [0.1, 0.15) is 0 Å². The summed E-state index contributed by atoms with van der Waals surface area (Å²) in [6, 6.07) is 8.64. The molecular formula is C15H21NO. The van der Waals surface area contributed by atoms with E-state index in [9.17, 15) is 5.11 Å². The highest BCUT2D eigenvalue weighted by Gasteiger charge is 2.35. The summed E-state index contributed by atoms with van der Waals surface area (Å²) in [4.78, 5) is 0. The quantitative estimate of drug-likeness (QED) is 0.829. The lowest BCUT2D eigenvalue weighted by Gasteiger charge is -2.38. The van der Waals surface area contributed by atoms with E-state index in [0.29, 0.717) is 0 Å². The van der Waals surface area contributed by atoms with Gasteiger partial charge in [-0.3, -0.25) is 0 Å². The Morgan fingerprint density at radius 1 is 1.24 bits per heavy atom. The molecule has 1 fully saturated rings. The molecule has 92 valence electrons. The van der Waals surface area contributed by atoms with Gasteiger partial charge in [0.05, 0.1) is 6.61 Å². The topological polar surface area (TPSA) is 32.3 Å². The zero-order valence-electron chi connectivity index (χ0n) is 10.3. The number of aryl methyl sites for hydroxylation is 1. The lowest BCUT2D eigenvalue weighted by atomic mass is 9.78. The van der Waals surface area contributed by atoms with Crippen molar-refractivity contribution in [2.75, 3.05) is 13.2 Å². The van der Waals surface area contributed by atoms with Crippen LogP contribution in [0, 0.1) is 5.92 Å². The summed E-state index contributed by atoms with van der Waals surface area (Å²) in [6.07, 6.45) is 5.87. The third-order valence-corrected chi connectivity index (χ3v) is 4.29. The Kier molecular flexibility index (Phi) is 2.93. The van der Waals surface area contributed by atoms with Gasteiger partial charge in [-0.25, -0.2) is 0 Å². The molecule has 0 radical (unpaired) electrons. The number of aliphatic hydroxyl groups excluding tert-OH is 1. The highest BCUT2D eigenvalue weighted by atomic mass is 16.3. The van der Waals surface area contributed by atoms with Crippen LogP contribution in [0.4, 0.5) is 0 Å². The summed E-state index contributed by atoms with van der Waals surface area (Å²) in [5.41, 5.74) is 2.82. The summed E-state index contributed by atoms with van der Waals surface area (Å²) in [6.45, 7) is 1.34. The van der Waals surface area contributed by atoms with Gasteiger partial charge in [-0.2, -0.15) is 0 Å². The summed E-state index contributed by atoms with van der Waals surface area (Å²) in [5, 5.41) is 13.4. The summed E-state index contributed by atoms with van der Waals surface area (Å²) < 4.78 is 0. The highest BCUT2D eigenvalue weighted by molar-refractivity contribution is 5.32. The Morgan fingerprint density at radius 3 is 2.71 bits per heavy atom. The third kappa shape index (κ3) is 2.38. The number of rotatable bonds is 4. The van der Waals surface area contributed by atoms with Crippen LogP contribution in [0.3, 0.4) is 0 Å². The van der Waals surface area contributed by atoms with Crippen LogP contribution in [0.1, 0.15) is 30.4 Å². The van der Waals surface area contributed by atoms with Crippen LogP contribution in [0.2, 0.25) is 0 Å². The van der Waals surface area contributed by atoms with E-state index >= 15 is 0 Å². The largest absolute Gasteiger partial charge is 0.394 e. The van der Waals surface area contributed by atoms with Crippen molar-refractivity contribution < 1.29 is 5.11 Å². The molecule has 1 unspecified atom stereocenters. The molecule has 3 rings (SSSR count). The molecule has 0 amide bonds. The van der Waals surface area contributed by atoms with Crippen LogP contribution >= 0.6 is 0 Å². The molecular weight excluding hydrogens is 210 g/mol. The highest BCUT2D eigenvalue weighted by Crippen LogP contribution is 2.32. The zero-order valence-corrected chi connectivity index (χ0v) is 10.3.